The van der Waals surface area contributed by atoms with Gasteiger partial charge in [0.25, 0.3) is 10.0 Å². The second kappa shape index (κ2) is 5.82. The maximum absolute atomic E-state index is 13.0. The van der Waals surface area contributed by atoms with E-state index < -0.39 is 10.0 Å². The van der Waals surface area contributed by atoms with Crippen molar-refractivity contribution in [3.8, 4) is 6.07 Å². The fourth-order valence-electron chi connectivity index (χ4n) is 2.32. The van der Waals surface area contributed by atoms with E-state index in [-0.39, 0.29) is 4.90 Å². The highest BCUT2D eigenvalue weighted by atomic mass is 32.2. The third kappa shape index (κ3) is 2.97. The van der Waals surface area contributed by atoms with Gasteiger partial charge in [0.05, 0.1) is 22.2 Å². The number of para-hydroxylation sites is 1. The van der Waals surface area contributed by atoms with Gasteiger partial charge in [-0.15, -0.1) is 0 Å². The highest BCUT2D eigenvalue weighted by molar-refractivity contribution is 7.92. The smallest absolute Gasteiger partial charge is 0.264 e. The number of hydrogen-bond donors (Lipinski definition) is 0. The summed E-state index contributed by atoms with van der Waals surface area (Å²) >= 11 is 0. The summed E-state index contributed by atoms with van der Waals surface area (Å²) in [6, 6.07) is 17.3. The molecular formula is C17H16N2O2S. The summed E-state index contributed by atoms with van der Waals surface area (Å²) in [6.07, 6.45) is 2.13. The van der Waals surface area contributed by atoms with Crippen LogP contribution in [-0.4, -0.2) is 15.0 Å². The van der Waals surface area contributed by atoms with Crippen LogP contribution >= 0.6 is 0 Å². The van der Waals surface area contributed by atoms with Crippen molar-refractivity contribution in [2.45, 2.75) is 17.7 Å². The van der Waals surface area contributed by atoms with Gasteiger partial charge in [0, 0.05) is 6.54 Å². The summed E-state index contributed by atoms with van der Waals surface area (Å²) in [6.45, 7) is 0.489. The summed E-state index contributed by atoms with van der Waals surface area (Å²) in [5.74, 6) is 0.425. The summed E-state index contributed by atoms with van der Waals surface area (Å²) in [5, 5.41) is 8.98. The summed E-state index contributed by atoms with van der Waals surface area (Å²) < 4.78 is 27.4. The molecular weight excluding hydrogens is 296 g/mol. The molecule has 0 heterocycles. The van der Waals surface area contributed by atoms with Crippen molar-refractivity contribution in [1.29, 1.82) is 5.26 Å². The minimum Gasteiger partial charge on any atom is -0.266 e. The Balaban J connectivity index is 2.03. The average Bonchev–Trinajstić information content (AvgIpc) is 3.37. The lowest BCUT2D eigenvalue weighted by atomic mass is 10.2. The molecule has 2 aromatic rings. The molecule has 0 aromatic heterocycles. The highest BCUT2D eigenvalue weighted by Gasteiger charge is 2.32. The van der Waals surface area contributed by atoms with Crippen LogP contribution in [0.2, 0.25) is 0 Å². The Morgan fingerprint density at radius 1 is 1.09 bits per heavy atom. The second-order valence-electron chi connectivity index (χ2n) is 5.45. The molecule has 112 valence electrons. The van der Waals surface area contributed by atoms with Crippen LogP contribution in [0.25, 0.3) is 0 Å². The first-order valence-corrected chi connectivity index (χ1v) is 8.63. The molecule has 0 saturated heterocycles. The lowest BCUT2D eigenvalue weighted by Crippen LogP contribution is -2.33. The molecule has 0 atom stereocenters. The zero-order chi connectivity index (χ0) is 15.6. The third-order valence-electron chi connectivity index (χ3n) is 3.72. The van der Waals surface area contributed by atoms with Gasteiger partial charge in [0.2, 0.25) is 0 Å². The van der Waals surface area contributed by atoms with E-state index in [4.69, 9.17) is 5.26 Å². The van der Waals surface area contributed by atoms with Crippen LogP contribution in [0.5, 0.6) is 0 Å². The summed E-state index contributed by atoms with van der Waals surface area (Å²) in [7, 11) is -3.66. The lowest BCUT2D eigenvalue weighted by Gasteiger charge is -2.24. The van der Waals surface area contributed by atoms with Crippen molar-refractivity contribution < 1.29 is 8.42 Å². The van der Waals surface area contributed by atoms with Gasteiger partial charge in [-0.2, -0.15) is 5.26 Å². The first-order chi connectivity index (χ1) is 10.6. The summed E-state index contributed by atoms with van der Waals surface area (Å²) in [5.41, 5.74) is 1.01. The van der Waals surface area contributed by atoms with Crippen molar-refractivity contribution in [2.24, 2.45) is 5.92 Å². The zero-order valence-corrected chi connectivity index (χ0v) is 12.8. The van der Waals surface area contributed by atoms with Gasteiger partial charge >= 0.3 is 0 Å². The van der Waals surface area contributed by atoms with Crippen LogP contribution in [-0.2, 0) is 10.0 Å². The van der Waals surface area contributed by atoms with Crippen molar-refractivity contribution in [1.82, 2.24) is 0 Å². The molecule has 2 aromatic carbocycles. The Kier molecular flexibility index (Phi) is 3.86. The quantitative estimate of drug-likeness (QED) is 0.852. The van der Waals surface area contributed by atoms with Crippen LogP contribution in [0.15, 0.2) is 59.5 Å². The monoisotopic (exact) mass is 312 g/mol. The number of nitrogens with zero attached hydrogens (tertiary/aromatic N) is 2. The predicted octanol–water partition coefficient (Wildman–Crippen LogP) is 3.16. The maximum Gasteiger partial charge on any atom is 0.264 e. The van der Waals surface area contributed by atoms with Gasteiger partial charge in [0.15, 0.2) is 0 Å². The van der Waals surface area contributed by atoms with Gasteiger partial charge in [-0.3, -0.25) is 4.31 Å². The van der Waals surface area contributed by atoms with E-state index in [0.717, 1.165) is 12.8 Å². The predicted molar refractivity (Wildman–Crippen MR) is 84.9 cm³/mol. The Morgan fingerprint density at radius 3 is 2.45 bits per heavy atom. The van der Waals surface area contributed by atoms with Gasteiger partial charge in [-0.05, 0) is 49.1 Å². The van der Waals surface area contributed by atoms with Crippen LogP contribution in [0.1, 0.15) is 18.4 Å². The SMILES string of the molecule is N#Cc1cccc(S(=O)(=O)N(CC2CC2)c2ccccc2)c1. The van der Waals surface area contributed by atoms with Gasteiger partial charge in [0.1, 0.15) is 0 Å². The Morgan fingerprint density at radius 2 is 1.82 bits per heavy atom. The van der Waals surface area contributed by atoms with Crippen LogP contribution in [0.4, 0.5) is 5.69 Å². The number of nitriles is 1. The lowest BCUT2D eigenvalue weighted by molar-refractivity contribution is 0.588. The van der Waals surface area contributed by atoms with Gasteiger partial charge < -0.3 is 0 Å². The van der Waals surface area contributed by atoms with Crippen molar-refractivity contribution in [3.63, 3.8) is 0 Å². The molecule has 0 amide bonds. The third-order valence-corrected chi connectivity index (χ3v) is 5.51. The second-order valence-corrected chi connectivity index (χ2v) is 7.32. The van der Waals surface area contributed by atoms with Crippen molar-refractivity contribution in [3.05, 3.63) is 60.2 Å². The molecule has 0 spiro atoms. The largest absolute Gasteiger partial charge is 0.266 e. The van der Waals surface area contributed by atoms with Crippen LogP contribution in [0, 0.1) is 17.2 Å². The summed E-state index contributed by atoms with van der Waals surface area (Å²) in [4.78, 5) is 0.163. The van der Waals surface area contributed by atoms with Gasteiger partial charge in [-0.1, -0.05) is 24.3 Å². The maximum atomic E-state index is 13.0. The molecule has 0 radical (unpaired) electrons. The van der Waals surface area contributed by atoms with E-state index in [2.05, 4.69) is 0 Å². The zero-order valence-electron chi connectivity index (χ0n) is 12.0. The number of rotatable bonds is 5. The van der Waals surface area contributed by atoms with E-state index in [0.29, 0.717) is 23.7 Å². The minimum atomic E-state index is -3.66. The molecule has 1 fully saturated rings. The van der Waals surface area contributed by atoms with Gasteiger partial charge in [-0.25, -0.2) is 8.42 Å². The first-order valence-electron chi connectivity index (χ1n) is 7.19. The molecule has 0 aliphatic heterocycles. The topological polar surface area (TPSA) is 61.2 Å². The van der Waals surface area contributed by atoms with Crippen LogP contribution in [0.3, 0.4) is 0 Å². The molecule has 0 unspecified atom stereocenters. The average molecular weight is 312 g/mol. The molecule has 1 saturated carbocycles. The highest BCUT2D eigenvalue weighted by Crippen LogP contribution is 2.34. The Bertz CT molecular complexity index is 806. The standard InChI is InChI=1S/C17H16N2O2S/c18-12-15-5-4-8-17(11-15)22(20,21)19(13-14-9-10-14)16-6-2-1-3-7-16/h1-8,11,14H,9-10,13H2. The molecule has 1 aliphatic carbocycles. The number of sulfonamides is 1. The van der Waals surface area contributed by atoms with Crippen molar-refractivity contribution in [2.75, 3.05) is 10.8 Å². The molecule has 4 nitrogen and oxygen atoms in total. The van der Waals surface area contributed by atoms with E-state index in [1.54, 1.807) is 30.3 Å². The normalized spacial score (nSPS) is 14.3. The molecule has 22 heavy (non-hydrogen) atoms. The van der Waals surface area contributed by atoms with E-state index in [1.807, 2.05) is 24.3 Å². The Hall–Kier alpha value is -2.32. The molecule has 3 rings (SSSR count). The van der Waals surface area contributed by atoms with E-state index >= 15 is 0 Å². The number of hydrogen-bond acceptors (Lipinski definition) is 3. The fourth-order valence-corrected chi connectivity index (χ4v) is 3.91. The fraction of sp³-hybridized carbons (Fsp3) is 0.235. The molecule has 0 bridgehead atoms. The molecule has 1 aliphatic rings. The van der Waals surface area contributed by atoms with Crippen LogP contribution < -0.4 is 4.31 Å². The number of benzene rings is 2. The van der Waals surface area contributed by atoms with E-state index in [9.17, 15) is 8.42 Å². The van der Waals surface area contributed by atoms with E-state index in [1.165, 1.54) is 10.4 Å². The van der Waals surface area contributed by atoms with Crippen molar-refractivity contribution >= 4 is 15.7 Å². The Labute approximate surface area is 130 Å². The number of anilines is 1. The minimum absolute atomic E-state index is 0.163. The first kappa shape index (κ1) is 14.6. The molecule has 5 heteroatoms. The molecule has 0 N–H and O–H groups in total.